The number of carbonyl (C=O) groups excluding carboxylic acids is 2. The first-order valence-corrected chi connectivity index (χ1v) is 10.2. The van der Waals surface area contributed by atoms with Gasteiger partial charge in [-0.1, -0.05) is 53.5 Å². The lowest BCUT2D eigenvalue weighted by molar-refractivity contribution is -0.136. The molecule has 1 aliphatic rings. The Balaban J connectivity index is 1.79. The molecular formula is C22H23BrN2O4. The van der Waals surface area contributed by atoms with Gasteiger partial charge in [-0.2, -0.15) is 0 Å². The third kappa shape index (κ3) is 5.17. The predicted octanol–water partition coefficient (Wildman–Crippen LogP) is 4.61. The molecule has 0 bridgehead atoms. The maximum absolute atomic E-state index is 12.4. The molecule has 1 unspecified atom stereocenters. The molecule has 29 heavy (non-hydrogen) atoms. The monoisotopic (exact) mass is 458 g/mol. The molecule has 152 valence electrons. The Hall–Kier alpha value is -2.80. The van der Waals surface area contributed by atoms with Crippen molar-refractivity contribution in [2.24, 2.45) is 0 Å². The summed E-state index contributed by atoms with van der Waals surface area (Å²) in [5.74, 6) is 0.246. The number of esters is 1. The molecule has 0 saturated carbocycles. The van der Waals surface area contributed by atoms with E-state index < -0.39 is 12.0 Å². The summed E-state index contributed by atoms with van der Waals surface area (Å²) in [5.41, 5.74) is 2.87. The molecule has 0 spiro atoms. The molecule has 6 nitrogen and oxygen atoms in total. The number of ether oxygens (including phenoxy) is 2. The van der Waals surface area contributed by atoms with Crippen LogP contribution in [0.3, 0.4) is 0 Å². The number of halogens is 1. The van der Waals surface area contributed by atoms with Gasteiger partial charge in [-0.3, -0.25) is 0 Å². The fourth-order valence-electron chi connectivity index (χ4n) is 3.17. The number of amides is 2. The Bertz CT molecular complexity index is 907. The number of rotatable bonds is 7. The minimum Gasteiger partial charge on any atom is -0.489 e. The van der Waals surface area contributed by atoms with Gasteiger partial charge in [0.2, 0.25) is 0 Å². The number of hydrogen-bond donors (Lipinski definition) is 2. The SMILES string of the molecule is CCCC1=C(C(=O)OC)C(c2ccc(OCc3ccc(Br)cc3)cc2)NC(=O)N1. The van der Waals surface area contributed by atoms with Crippen LogP contribution in [0.15, 0.2) is 64.3 Å². The van der Waals surface area contributed by atoms with Gasteiger partial charge in [0.05, 0.1) is 18.7 Å². The second-order valence-corrected chi connectivity index (χ2v) is 7.57. The van der Waals surface area contributed by atoms with E-state index in [1.54, 1.807) is 0 Å². The maximum atomic E-state index is 12.4. The summed E-state index contributed by atoms with van der Waals surface area (Å²) >= 11 is 3.41. The third-order valence-electron chi connectivity index (χ3n) is 4.59. The molecule has 0 aromatic heterocycles. The van der Waals surface area contributed by atoms with E-state index in [4.69, 9.17) is 9.47 Å². The average Bonchev–Trinajstić information content (AvgIpc) is 2.73. The van der Waals surface area contributed by atoms with Crippen LogP contribution in [0.2, 0.25) is 0 Å². The van der Waals surface area contributed by atoms with Crippen molar-refractivity contribution in [1.82, 2.24) is 10.6 Å². The van der Waals surface area contributed by atoms with E-state index in [0.29, 0.717) is 30.0 Å². The van der Waals surface area contributed by atoms with Crippen molar-refractivity contribution in [2.45, 2.75) is 32.4 Å². The Morgan fingerprint density at radius 2 is 1.79 bits per heavy atom. The molecule has 7 heteroatoms. The van der Waals surface area contributed by atoms with Crippen LogP contribution in [0.1, 0.15) is 36.9 Å². The zero-order chi connectivity index (χ0) is 20.8. The summed E-state index contributed by atoms with van der Waals surface area (Å²) in [7, 11) is 1.34. The smallest absolute Gasteiger partial charge is 0.337 e. The zero-order valence-electron chi connectivity index (χ0n) is 16.3. The van der Waals surface area contributed by atoms with E-state index in [9.17, 15) is 9.59 Å². The van der Waals surface area contributed by atoms with Gasteiger partial charge < -0.3 is 20.1 Å². The zero-order valence-corrected chi connectivity index (χ0v) is 17.9. The van der Waals surface area contributed by atoms with Gasteiger partial charge in [0, 0.05) is 10.2 Å². The topological polar surface area (TPSA) is 76.7 Å². The highest BCUT2D eigenvalue weighted by atomic mass is 79.9. The Labute approximate surface area is 178 Å². The number of allylic oxidation sites excluding steroid dienone is 1. The summed E-state index contributed by atoms with van der Waals surface area (Å²) < 4.78 is 11.8. The van der Waals surface area contributed by atoms with Crippen LogP contribution in [0.25, 0.3) is 0 Å². The fraction of sp³-hybridized carbons (Fsp3) is 0.273. The number of hydrogen-bond acceptors (Lipinski definition) is 4. The van der Waals surface area contributed by atoms with Crippen LogP contribution in [-0.2, 0) is 16.1 Å². The van der Waals surface area contributed by atoms with Crippen LogP contribution in [-0.4, -0.2) is 19.1 Å². The molecule has 0 fully saturated rings. The van der Waals surface area contributed by atoms with E-state index in [-0.39, 0.29) is 6.03 Å². The Morgan fingerprint density at radius 3 is 2.41 bits per heavy atom. The molecule has 0 aliphatic carbocycles. The van der Waals surface area contributed by atoms with Crippen LogP contribution >= 0.6 is 15.9 Å². The summed E-state index contributed by atoms with van der Waals surface area (Å²) in [6.07, 6.45) is 1.38. The van der Waals surface area contributed by atoms with Crippen LogP contribution in [0.5, 0.6) is 5.75 Å². The molecule has 1 heterocycles. The van der Waals surface area contributed by atoms with E-state index in [1.165, 1.54) is 7.11 Å². The Morgan fingerprint density at radius 1 is 1.10 bits per heavy atom. The van der Waals surface area contributed by atoms with Crippen molar-refractivity contribution in [3.63, 3.8) is 0 Å². The molecule has 1 atom stereocenters. The first kappa shape index (κ1) is 20.9. The van der Waals surface area contributed by atoms with Crippen LogP contribution in [0, 0.1) is 0 Å². The first-order valence-electron chi connectivity index (χ1n) is 9.38. The minimum atomic E-state index is -0.571. The molecule has 3 rings (SSSR count). The highest BCUT2D eigenvalue weighted by Gasteiger charge is 2.32. The summed E-state index contributed by atoms with van der Waals surface area (Å²) in [5, 5.41) is 5.55. The van der Waals surface area contributed by atoms with E-state index >= 15 is 0 Å². The third-order valence-corrected chi connectivity index (χ3v) is 5.12. The van der Waals surface area contributed by atoms with Gasteiger partial charge in [-0.05, 0) is 41.8 Å². The van der Waals surface area contributed by atoms with Gasteiger partial charge >= 0.3 is 12.0 Å². The predicted molar refractivity (Wildman–Crippen MR) is 113 cm³/mol. The summed E-state index contributed by atoms with van der Waals surface area (Å²) in [6, 6.07) is 14.4. The highest BCUT2D eigenvalue weighted by molar-refractivity contribution is 9.10. The van der Waals surface area contributed by atoms with Crippen molar-refractivity contribution in [1.29, 1.82) is 0 Å². The largest absolute Gasteiger partial charge is 0.489 e. The fourth-order valence-corrected chi connectivity index (χ4v) is 3.43. The van der Waals surface area contributed by atoms with Crippen molar-refractivity contribution in [3.05, 3.63) is 75.4 Å². The number of carbonyl (C=O) groups is 2. The van der Waals surface area contributed by atoms with Crippen molar-refractivity contribution in [3.8, 4) is 5.75 Å². The van der Waals surface area contributed by atoms with E-state index in [0.717, 1.165) is 22.0 Å². The molecule has 2 N–H and O–H groups in total. The molecule has 0 radical (unpaired) electrons. The summed E-state index contributed by atoms with van der Waals surface area (Å²) in [4.78, 5) is 24.5. The molecule has 2 aromatic carbocycles. The second kappa shape index (κ2) is 9.60. The summed E-state index contributed by atoms with van der Waals surface area (Å²) in [6.45, 7) is 2.44. The molecular weight excluding hydrogens is 436 g/mol. The van der Waals surface area contributed by atoms with Gasteiger partial charge in [0.25, 0.3) is 0 Å². The lowest BCUT2D eigenvalue weighted by Crippen LogP contribution is -2.45. The second-order valence-electron chi connectivity index (χ2n) is 6.65. The van der Waals surface area contributed by atoms with E-state index in [1.807, 2.05) is 55.5 Å². The lowest BCUT2D eigenvalue weighted by atomic mass is 9.94. The number of urea groups is 1. The van der Waals surface area contributed by atoms with Crippen LogP contribution < -0.4 is 15.4 Å². The molecule has 2 aromatic rings. The minimum absolute atomic E-state index is 0.332. The molecule has 2 amide bonds. The first-order chi connectivity index (χ1) is 14.0. The number of methoxy groups -OCH3 is 1. The highest BCUT2D eigenvalue weighted by Crippen LogP contribution is 2.30. The number of benzene rings is 2. The maximum Gasteiger partial charge on any atom is 0.337 e. The van der Waals surface area contributed by atoms with Gasteiger partial charge in [-0.25, -0.2) is 9.59 Å². The lowest BCUT2D eigenvalue weighted by Gasteiger charge is -2.29. The van der Waals surface area contributed by atoms with Crippen molar-refractivity contribution >= 4 is 27.9 Å². The van der Waals surface area contributed by atoms with Gasteiger partial charge in [-0.15, -0.1) is 0 Å². The molecule has 0 saturated heterocycles. The van der Waals surface area contributed by atoms with Gasteiger partial charge in [0.15, 0.2) is 0 Å². The standard InChI is InChI=1S/C22H23BrN2O4/c1-3-4-18-19(21(26)28-2)20(25-22(27)24-18)15-7-11-17(12-8-15)29-13-14-5-9-16(23)10-6-14/h5-12,20H,3-4,13H2,1-2H3,(H2,24,25,27). The Kier molecular flexibility index (Phi) is 6.93. The van der Waals surface area contributed by atoms with Crippen molar-refractivity contribution in [2.75, 3.05) is 7.11 Å². The van der Waals surface area contributed by atoms with E-state index in [2.05, 4.69) is 26.6 Å². The average molecular weight is 459 g/mol. The number of nitrogens with one attached hydrogen (secondary N) is 2. The van der Waals surface area contributed by atoms with Crippen LogP contribution in [0.4, 0.5) is 4.79 Å². The van der Waals surface area contributed by atoms with Crippen molar-refractivity contribution < 1.29 is 19.1 Å². The van der Waals surface area contributed by atoms with Gasteiger partial charge in [0.1, 0.15) is 12.4 Å². The quantitative estimate of drug-likeness (QED) is 0.593. The normalized spacial score (nSPS) is 16.1. The molecule has 1 aliphatic heterocycles.